The minimum absolute atomic E-state index is 0.253. The van der Waals surface area contributed by atoms with E-state index in [2.05, 4.69) is 29.8 Å². The van der Waals surface area contributed by atoms with Crippen molar-refractivity contribution in [2.45, 2.75) is 33.2 Å². The van der Waals surface area contributed by atoms with Crippen LogP contribution < -0.4 is 4.74 Å². The van der Waals surface area contributed by atoms with E-state index >= 15 is 0 Å². The van der Waals surface area contributed by atoms with Crippen molar-refractivity contribution in [3.05, 3.63) is 93.1 Å². The van der Waals surface area contributed by atoms with Crippen LogP contribution in [0, 0.1) is 18.8 Å². The van der Waals surface area contributed by atoms with Gasteiger partial charge in [0.25, 0.3) is 0 Å². The smallest absolute Gasteiger partial charge is 0.244 e. The Morgan fingerprint density at radius 2 is 1.75 bits per heavy atom. The molecule has 2 aromatic carbocycles. The van der Waals surface area contributed by atoms with Gasteiger partial charge in [0.05, 0.1) is 29.4 Å². The van der Waals surface area contributed by atoms with Gasteiger partial charge in [-0.25, -0.2) is 18.1 Å². The van der Waals surface area contributed by atoms with Crippen molar-refractivity contribution < 1.29 is 13.2 Å². The highest BCUT2D eigenvalue weighted by Crippen LogP contribution is 2.47. The Bertz CT molecular complexity index is 1650. The zero-order valence-corrected chi connectivity index (χ0v) is 25.4. The molecule has 1 aromatic heterocycles. The summed E-state index contributed by atoms with van der Waals surface area (Å²) in [6, 6.07) is 15.4. The largest absolute Gasteiger partial charge is 0.496 e. The van der Waals surface area contributed by atoms with Crippen molar-refractivity contribution in [1.82, 2.24) is 19.0 Å². The predicted molar refractivity (Wildman–Crippen MR) is 160 cm³/mol. The van der Waals surface area contributed by atoms with Gasteiger partial charge in [-0.2, -0.15) is 9.40 Å². The topological polar surface area (TPSA) is 80.0 Å². The number of amidine groups is 1. The summed E-state index contributed by atoms with van der Waals surface area (Å²) < 4.78 is 38.0. The number of halogens is 1. The number of ether oxygens (including phenoxy) is 1. The summed E-state index contributed by atoms with van der Waals surface area (Å²) in [7, 11) is -2.06. The molecular formula is C30H32BrN5O3S. The van der Waals surface area contributed by atoms with Gasteiger partial charge < -0.3 is 9.64 Å². The highest BCUT2D eigenvalue weighted by atomic mass is 79.9. The number of hydrogen-bond acceptors (Lipinski definition) is 6. The number of nitrogens with zero attached hydrogens (tertiary/aromatic N) is 5. The summed E-state index contributed by atoms with van der Waals surface area (Å²) in [5.41, 5.74) is 3.48. The van der Waals surface area contributed by atoms with E-state index in [4.69, 9.17) is 14.8 Å². The van der Waals surface area contributed by atoms with Crippen molar-refractivity contribution in [3.63, 3.8) is 0 Å². The van der Waals surface area contributed by atoms with Crippen molar-refractivity contribution in [2.24, 2.45) is 16.8 Å². The van der Waals surface area contributed by atoms with Crippen molar-refractivity contribution in [3.8, 4) is 11.4 Å². The summed E-state index contributed by atoms with van der Waals surface area (Å²) in [5.74, 6) is 2.66. The van der Waals surface area contributed by atoms with Gasteiger partial charge in [0.15, 0.2) is 5.82 Å². The number of aliphatic imine (C=N–C) groups is 1. The second kappa shape index (κ2) is 10.3. The molecule has 6 rings (SSSR count). The molecule has 4 heterocycles. The molecule has 0 unspecified atom stereocenters. The van der Waals surface area contributed by atoms with Crippen LogP contribution in [-0.2, 0) is 10.0 Å². The number of piperidine rings is 1. The molecule has 0 saturated carbocycles. The number of hydrogen-bond donors (Lipinski definition) is 0. The van der Waals surface area contributed by atoms with E-state index in [0.29, 0.717) is 42.3 Å². The third-order valence-electron chi connectivity index (χ3n) is 7.74. The third-order valence-corrected chi connectivity index (χ3v) is 10.0. The Labute approximate surface area is 243 Å². The maximum Gasteiger partial charge on any atom is 0.244 e. The summed E-state index contributed by atoms with van der Waals surface area (Å²) in [6.45, 7) is 7.24. The molecule has 0 amide bonds. The predicted octanol–water partition coefficient (Wildman–Crippen LogP) is 6.11. The molecule has 3 atom stereocenters. The molecule has 10 heteroatoms. The van der Waals surface area contributed by atoms with Gasteiger partial charge >= 0.3 is 0 Å². The van der Waals surface area contributed by atoms with E-state index in [1.54, 1.807) is 29.8 Å². The second-order valence-electron chi connectivity index (χ2n) is 10.9. The summed E-state index contributed by atoms with van der Waals surface area (Å²) in [5, 5.41) is 4.89. The third kappa shape index (κ3) is 4.61. The average molecular weight is 623 g/mol. The fourth-order valence-electron chi connectivity index (χ4n) is 6.07. The monoisotopic (exact) mass is 621 g/mol. The first-order valence-corrected chi connectivity index (χ1v) is 15.7. The lowest BCUT2D eigenvalue weighted by Crippen LogP contribution is -2.44. The van der Waals surface area contributed by atoms with E-state index in [-0.39, 0.29) is 4.91 Å². The van der Waals surface area contributed by atoms with Gasteiger partial charge in [-0.1, -0.05) is 48.0 Å². The van der Waals surface area contributed by atoms with E-state index in [0.717, 1.165) is 33.4 Å². The number of rotatable bonds is 5. The minimum atomic E-state index is -3.71. The van der Waals surface area contributed by atoms with Crippen LogP contribution in [0.25, 0.3) is 5.69 Å². The molecular weight excluding hydrogens is 590 g/mol. The molecule has 0 spiro atoms. The summed E-state index contributed by atoms with van der Waals surface area (Å²) >= 11 is 3.63. The fraction of sp³-hybridized carbons (Fsp3) is 0.333. The summed E-state index contributed by atoms with van der Waals surface area (Å²) in [4.78, 5) is 7.22. The zero-order valence-electron chi connectivity index (χ0n) is 23.0. The molecule has 0 aliphatic carbocycles. The number of fused-ring (bicyclic) bond motifs is 2. The van der Waals surface area contributed by atoms with Crippen LogP contribution in [0.2, 0.25) is 0 Å². The van der Waals surface area contributed by atoms with Crippen LogP contribution in [0.15, 0.2) is 81.3 Å². The van der Waals surface area contributed by atoms with Gasteiger partial charge in [-0.05, 0) is 67.7 Å². The van der Waals surface area contributed by atoms with Crippen LogP contribution in [-0.4, -0.2) is 53.4 Å². The Balaban J connectivity index is 1.53. The van der Waals surface area contributed by atoms with Gasteiger partial charge in [0.1, 0.15) is 11.6 Å². The molecule has 3 aromatic rings. The number of methoxy groups -OCH3 is 1. The summed E-state index contributed by atoms with van der Waals surface area (Å²) in [6.07, 6.45) is 6.22. The SMILES string of the molecule is COc1ccc(Br)cc1[C@H]1c2c(C)nn(-c3ccccc3)c2N=C2C=CC(S(=O)(=O)N3C[C@H](C)C[C@H](C)C3)=CN21. The highest BCUT2D eigenvalue weighted by Gasteiger charge is 2.40. The normalized spacial score (nSPS) is 22.8. The average Bonchev–Trinajstić information content (AvgIpc) is 3.27. The fourth-order valence-corrected chi connectivity index (χ4v) is 8.14. The molecule has 8 nitrogen and oxygen atoms in total. The van der Waals surface area contributed by atoms with E-state index < -0.39 is 16.1 Å². The molecule has 0 N–H and O–H groups in total. The van der Waals surface area contributed by atoms with Crippen LogP contribution in [0.4, 0.5) is 5.82 Å². The Morgan fingerprint density at radius 1 is 1.02 bits per heavy atom. The van der Waals surface area contributed by atoms with Gasteiger partial charge in [0, 0.05) is 34.9 Å². The lowest BCUT2D eigenvalue weighted by molar-refractivity contribution is 0.224. The minimum Gasteiger partial charge on any atom is -0.496 e. The maximum absolute atomic E-state index is 13.9. The zero-order chi connectivity index (χ0) is 28.2. The van der Waals surface area contributed by atoms with Crippen LogP contribution in [0.1, 0.15) is 43.1 Å². The van der Waals surface area contributed by atoms with Gasteiger partial charge in [-0.15, -0.1) is 0 Å². The van der Waals surface area contributed by atoms with Crippen molar-refractivity contribution >= 4 is 37.6 Å². The van der Waals surface area contributed by atoms with Gasteiger partial charge in [-0.3, -0.25) is 0 Å². The van der Waals surface area contributed by atoms with Crippen LogP contribution in [0.5, 0.6) is 5.75 Å². The molecule has 208 valence electrons. The maximum atomic E-state index is 13.9. The first-order valence-electron chi connectivity index (χ1n) is 13.4. The number of para-hydroxylation sites is 1. The molecule has 1 saturated heterocycles. The quantitative estimate of drug-likeness (QED) is 0.344. The Morgan fingerprint density at radius 3 is 2.45 bits per heavy atom. The Kier molecular flexibility index (Phi) is 6.96. The number of sulfonamides is 1. The van der Waals surface area contributed by atoms with E-state index in [9.17, 15) is 8.42 Å². The molecule has 1 fully saturated rings. The molecule has 3 aliphatic rings. The van der Waals surface area contributed by atoms with Crippen LogP contribution >= 0.6 is 15.9 Å². The molecule has 0 radical (unpaired) electrons. The lowest BCUT2D eigenvalue weighted by Gasteiger charge is -2.38. The highest BCUT2D eigenvalue weighted by molar-refractivity contribution is 9.10. The number of benzene rings is 2. The second-order valence-corrected chi connectivity index (χ2v) is 13.7. The number of allylic oxidation sites excluding steroid dienone is 1. The number of aromatic nitrogens is 2. The van der Waals surface area contributed by atoms with Crippen LogP contribution in [0.3, 0.4) is 0 Å². The molecule has 0 bridgehead atoms. The first kappa shape index (κ1) is 27.0. The van der Waals surface area contributed by atoms with Crippen molar-refractivity contribution in [2.75, 3.05) is 20.2 Å². The van der Waals surface area contributed by atoms with E-state index in [1.807, 2.05) is 65.0 Å². The molecule has 40 heavy (non-hydrogen) atoms. The number of aryl methyl sites for hydroxylation is 1. The lowest BCUT2D eigenvalue weighted by atomic mass is 9.94. The standard InChI is InChI=1S/C30H32BrN5O3S/c1-19-14-20(2)17-34(16-19)40(37,38)24-11-13-27-32-30-28(21(3)33-36(30)23-8-6-5-7-9-23)29(35(27)18-24)25-15-22(31)10-12-26(25)39-4/h5-13,15,18-20,29H,14,16-17H2,1-4H3/t19-,20+,29-/m0/s1. The first-order chi connectivity index (χ1) is 19.2. The van der Waals surface area contributed by atoms with E-state index in [1.165, 1.54) is 0 Å². The van der Waals surface area contributed by atoms with Gasteiger partial charge in [0.2, 0.25) is 10.0 Å². The van der Waals surface area contributed by atoms with Crippen molar-refractivity contribution in [1.29, 1.82) is 0 Å². The molecule has 3 aliphatic heterocycles. The Hall–Kier alpha value is -3.21.